The highest BCUT2D eigenvalue weighted by Crippen LogP contribution is 1.99. The average Bonchev–Trinajstić information content (AvgIpc) is 2.66. The van der Waals surface area contributed by atoms with Crippen molar-refractivity contribution in [1.82, 2.24) is 19.8 Å². The maximum Gasteiger partial charge on any atom is 0.331 e. The van der Waals surface area contributed by atoms with Gasteiger partial charge in [0.1, 0.15) is 6.54 Å². The minimum Gasteiger partial charge on any atom is -0.454 e. The quantitative estimate of drug-likeness (QED) is 0.619. The zero-order valence-electron chi connectivity index (χ0n) is 16.1. The second-order valence-corrected chi connectivity index (χ2v) is 6.47. The van der Waals surface area contributed by atoms with Crippen LogP contribution in [0.2, 0.25) is 0 Å². The number of nitrogens with one attached hydrogen (secondary N) is 2. The largest absolute Gasteiger partial charge is 0.454 e. The van der Waals surface area contributed by atoms with E-state index in [9.17, 15) is 24.0 Å². The van der Waals surface area contributed by atoms with E-state index < -0.39 is 42.3 Å². The van der Waals surface area contributed by atoms with E-state index in [0.29, 0.717) is 4.57 Å². The van der Waals surface area contributed by atoms with Gasteiger partial charge in [-0.3, -0.25) is 24.3 Å². The van der Waals surface area contributed by atoms with Crippen LogP contribution < -0.4 is 21.9 Å². The van der Waals surface area contributed by atoms with E-state index in [4.69, 9.17) is 4.74 Å². The van der Waals surface area contributed by atoms with E-state index in [-0.39, 0.29) is 12.6 Å². The Hall–Kier alpha value is -3.69. The van der Waals surface area contributed by atoms with Gasteiger partial charge in [-0.05, 0) is 19.4 Å². The molecule has 0 fully saturated rings. The number of aromatic nitrogens is 2. The van der Waals surface area contributed by atoms with Gasteiger partial charge in [0.15, 0.2) is 6.61 Å². The molecule has 1 aromatic carbocycles. The van der Waals surface area contributed by atoms with Gasteiger partial charge in [0.05, 0.1) is 6.54 Å². The molecule has 154 valence electrons. The molecule has 2 rings (SSSR count). The average molecular weight is 402 g/mol. The maximum absolute atomic E-state index is 12.5. The minimum absolute atomic E-state index is 0.173. The van der Waals surface area contributed by atoms with Gasteiger partial charge in [-0.2, -0.15) is 0 Å². The van der Waals surface area contributed by atoms with Crippen molar-refractivity contribution in [2.75, 3.05) is 6.61 Å². The first-order chi connectivity index (χ1) is 13.8. The van der Waals surface area contributed by atoms with Crippen LogP contribution in [0.4, 0.5) is 4.79 Å². The third-order valence-electron chi connectivity index (χ3n) is 3.66. The molecule has 1 aromatic heterocycles. The van der Waals surface area contributed by atoms with E-state index in [2.05, 4.69) is 5.32 Å². The smallest absolute Gasteiger partial charge is 0.331 e. The fourth-order valence-electron chi connectivity index (χ4n) is 2.38. The van der Waals surface area contributed by atoms with E-state index in [1.807, 2.05) is 35.6 Å². The van der Waals surface area contributed by atoms with Crippen molar-refractivity contribution in [1.29, 1.82) is 0 Å². The molecule has 0 aliphatic carbocycles. The summed E-state index contributed by atoms with van der Waals surface area (Å²) in [5.74, 6) is -1.79. The molecular weight excluding hydrogens is 380 g/mol. The molecule has 10 heteroatoms. The van der Waals surface area contributed by atoms with E-state index >= 15 is 0 Å². The Kier molecular flexibility index (Phi) is 7.47. The Morgan fingerprint density at radius 1 is 1.07 bits per heavy atom. The summed E-state index contributed by atoms with van der Waals surface area (Å²) in [4.78, 5) is 59.4. The van der Waals surface area contributed by atoms with Crippen LogP contribution in [-0.2, 0) is 27.4 Å². The Morgan fingerprint density at radius 3 is 2.41 bits per heavy atom. The Morgan fingerprint density at radius 2 is 1.76 bits per heavy atom. The van der Waals surface area contributed by atoms with Gasteiger partial charge in [0, 0.05) is 18.3 Å². The van der Waals surface area contributed by atoms with Crippen molar-refractivity contribution in [3.05, 3.63) is 69.0 Å². The highest BCUT2D eigenvalue weighted by Gasteiger charge is 2.14. The molecule has 0 radical (unpaired) electrons. The number of benzene rings is 1. The Balaban J connectivity index is 1.98. The summed E-state index contributed by atoms with van der Waals surface area (Å²) >= 11 is 0. The van der Waals surface area contributed by atoms with Gasteiger partial charge in [0.2, 0.25) is 0 Å². The van der Waals surface area contributed by atoms with Crippen molar-refractivity contribution in [3.63, 3.8) is 0 Å². The molecule has 0 bridgehead atoms. The van der Waals surface area contributed by atoms with Crippen molar-refractivity contribution < 1.29 is 19.1 Å². The first kappa shape index (κ1) is 21.6. The van der Waals surface area contributed by atoms with Crippen molar-refractivity contribution in [3.8, 4) is 0 Å². The van der Waals surface area contributed by atoms with Crippen LogP contribution in [-0.4, -0.2) is 39.7 Å². The number of carbonyl (C=O) groups is 3. The first-order valence-electron chi connectivity index (χ1n) is 8.86. The van der Waals surface area contributed by atoms with Gasteiger partial charge in [-0.25, -0.2) is 14.2 Å². The zero-order valence-corrected chi connectivity index (χ0v) is 16.1. The third-order valence-corrected chi connectivity index (χ3v) is 3.66. The summed E-state index contributed by atoms with van der Waals surface area (Å²) < 4.78 is 6.74. The molecule has 2 aromatic rings. The standard InChI is InChI=1S/C19H22N4O6/c1-13(2)20-18(27)21-15(24)12-29-17(26)11-23-16(25)8-9-22(19(23)28)10-14-6-4-3-5-7-14/h3-9,13H,10-12H2,1-2H3,(H2,20,21,24,27). The van der Waals surface area contributed by atoms with Gasteiger partial charge in [-0.1, -0.05) is 30.3 Å². The minimum atomic E-state index is -0.957. The first-order valence-corrected chi connectivity index (χ1v) is 8.86. The number of nitrogens with zero attached hydrogens (tertiary/aromatic N) is 2. The number of esters is 1. The molecule has 0 saturated carbocycles. The molecular formula is C19H22N4O6. The number of carbonyl (C=O) groups excluding carboxylic acids is 3. The van der Waals surface area contributed by atoms with Crippen LogP contribution in [0, 0.1) is 0 Å². The fraction of sp³-hybridized carbons (Fsp3) is 0.316. The molecule has 0 saturated heterocycles. The van der Waals surface area contributed by atoms with Crippen molar-refractivity contribution in [2.45, 2.75) is 33.0 Å². The van der Waals surface area contributed by atoms with Gasteiger partial charge >= 0.3 is 17.7 Å². The van der Waals surface area contributed by atoms with Crippen molar-refractivity contribution >= 4 is 17.9 Å². The topological polar surface area (TPSA) is 128 Å². The molecule has 0 unspecified atom stereocenters. The number of ether oxygens (including phenoxy) is 1. The van der Waals surface area contributed by atoms with E-state index in [1.54, 1.807) is 13.8 Å². The van der Waals surface area contributed by atoms with Crippen LogP contribution in [0.1, 0.15) is 19.4 Å². The molecule has 0 spiro atoms. The van der Waals surface area contributed by atoms with Gasteiger partial charge in [-0.15, -0.1) is 0 Å². The predicted molar refractivity (Wildman–Crippen MR) is 103 cm³/mol. The molecule has 0 atom stereocenters. The lowest BCUT2D eigenvalue weighted by Crippen LogP contribution is -2.44. The summed E-state index contributed by atoms with van der Waals surface area (Å²) in [6.07, 6.45) is 1.35. The number of urea groups is 1. The predicted octanol–water partition coefficient (Wildman–Crippen LogP) is -0.164. The Labute approximate surface area is 166 Å². The van der Waals surface area contributed by atoms with E-state index in [1.165, 1.54) is 16.8 Å². The SMILES string of the molecule is CC(C)NC(=O)NC(=O)COC(=O)Cn1c(=O)ccn(Cc2ccccc2)c1=O. The fourth-order valence-corrected chi connectivity index (χ4v) is 2.38. The third kappa shape index (κ3) is 6.76. The molecule has 2 N–H and O–H groups in total. The summed E-state index contributed by atoms with van der Waals surface area (Å²) in [5, 5.41) is 4.43. The van der Waals surface area contributed by atoms with Crippen molar-refractivity contribution in [2.24, 2.45) is 0 Å². The monoisotopic (exact) mass is 402 g/mol. The summed E-state index contributed by atoms with van der Waals surface area (Å²) in [6.45, 7) is 2.28. The lowest BCUT2D eigenvalue weighted by molar-refractivity contribution is -0.149. The number of hydrogen-bond acceptors (Lipinski definition) is 6. The normalized spacial score (nSPS) is 10.4. The summed E-state index contributed by atoms with van der Waals surface area (Å²) in [7, 11) is 0. The number of imide groups is 1. The highest BCUT2D eigenvalue weighted by molar-refractivity contribution is 5.95. The van der Waals surface area contributed by atoms with Crippen LogP contribution in [0.5, 0.6) is 0 Å². The Bertz CT molecular complexity index is 994. The summed E-state index contributed by atoms with van der Waals surface area (Å²) in [6, 6.07) is 9.40. The zero-order chi connectivity index (χ0) is 21.4. The maximum atomic E-state index is 12.5. The van der Waals surface area contributed by atoms with Crippen LogP contribution in [0.15, 0.2) is 52.2 Å². The second-order valence-electron chi connectivity index (χ2n) is 6.47. The van der Waals surface area contributed by atoms with E-state index in [0.717, 1.165) is 5.56 Å². The molecule has 3 amide bonds. The molecule has 29 heavy (non-hydrogen) atoms. The van der Waals surface area contributed by atoms with Crippen LogP contribution >= 0.6 is 0 Å². The van der Waals surface area contributed by atoms with Crippen LogP contribution in [0.25, 0.3) is 0 Å². The van der Waals surface area contributed by atoms with Gasteiger partial charge < -0.3 is 10.1 Å². The lowest BCUT2D eigenvalue weighted by atomic mass is 10.2. The molecule has 1 heterocycles. The second kappa shape index (κ2) is 10.0. The van der Waals surface area contributed by atoms with Crippen LogP contribution in [0.3, 0.4) is 0 Å². The highest BCUT2D eigenvalue weighted by atomic mass is 16.5. The number of rotatable bonds is 7. The number of hydrogen-bond donors (Lipinski definition) is 2. The summed E-state index contributed by atoms with van der Waals surface area (Å²) in [5.41, 5.74) is -0.505. The molecule has 0 aliphatic rings. The lowest BCUT2D eigenvalue weighted by Gasteiger charge is -2.11. The number of amides is 3. The molecule has 0 aliphatic heterocycles. The van der Waals surface area contributed by atoms with Gasteiger partial charge in [0.25, 0.3) is 11.5 Å². The molecule has 10 nitrogen and oxygen atoms in total.